The lowest BCUT2D eigenvalue weighted by atomic mass is 10.0. The van der Waals surface area contributed by atoms with E-state index in [0.29, 0.717) is 12.0 Å². The molecule has 0 aromatic carbocycles. The van der Waals surface area contributed by atoms with Crippen LogP contribution in [0.5, 0.6) is 0 Å². The molecule has 2 unspecified atom stereocenters. The lowest BCUT2D eigenvalue weighted by Gasteiger charge is -2.28. The largest absolute Gasteiger partial charge is 0.345 e. The van der Waals surface area contributed by atoms with Crippen LogP contribution in [0.2, 0.25) is 0 Å². The van der Waals surface area contributed by atoms with E-state index in [0.717, 1.165) is 13.0 Å². The Balaban J connectivity index is 2.28. The van der Waals surface area contributed by atoms with Crippen LogP contribution < -0.4 is 10.2 Å². The van der Waals surface area contributed by atoms with Crippen molar-refractivity contribution in [3.63, 3.8) is 0 Å². The fourth-order valence-corrected chi connectivity index (χ4v) is 4.48. The SMILES string of the molecule is CCC(C)c1nc(N2CCCCCC2CC)sc1CNC. The first-order valence-electron chi connectivity index (χ1n) is 8.62. The van der Waals surface area contributed by atoms with Gasteiger partial charge in [0.05, 0.1) is 5.69 Å². The van der Waals surface area contributed by atoms with E-state index in [-0.39, 0.29) is 0 Å². The molecule has 1 N–H and O–H groups in total. The molecule has 2 heterocycles. The van der Waals surface area contributed by atoms with Gasteiger partial charge in [0.25, 0.3) is 0 Å². The minimum absolute atomic E-state index is 0.561. The van der Waals surface area contributed by atoms with Crippen molar-refractivity contribution in [3.05, 3.63) is 10.6 Å². The van der Waals surface area contributed by atoms with E-state index in [1.165, 1.54) is 54.4 Å². The first-order chi connectivity index (χ1) is 10.2. The van der Waals surface area contributed by atoms with Crippen molar-refractivity contribution in [2.75, 3.05) is 18.5 Å². The smallest absolute Gasteiger partial charge is 0.186 e. The van der Waals surface area contributed by atoms with Crippen molar-refractivity contribution < 1.29 is 0 Å². The predicted molar refractivity (Wildman–Crippen MR) is 93.5 cm³/mol. The van der Waals surface area contributed by atoms with E-state index >= 15 is 0 Å². The van der Waals surface area contributed by atoms with E-state index in [2.05, 4.69) is 31.0 Å². The highest BCUT2D eigenvalue weighted by molar-refractivity contribution is 7.15. The molecule has 0 spiro atoms. The van der Waals surface area contributed by atoms with Gasteiger partial charge in [-0.3, -0.25) is 0 Å². The Morgan fingerprint density at radius 2 is 2.14 bits per heavy atom. The van der Waals surface area contributed by atoms with E-state index in [1.807, 2.05) is 18.4 Å². The van der Waals surface area contributed by atoms with Gasteiger partial charge >= 0.3 is 0 Å². The molecule has 0 aliphatic carbocycles. The van der Waals surface area contributed by atoms with Crippen molar-refractivity contribution in [1.82, 2.24) is 10.3 Å². The van der Waals surface area contributed by atoms with Crippen molar-refractivity contribution >= 4 is 16.5 Å². The molecule has 0 radical (unpaired) electrons. The molecule has 1 aromatic rings. The van der Waals surface area contributed by atoms with Crippen LogP contribution in [0.1, 0.15) is 75.8 Å². The Morgan fingerprint density at radius 1 is 1.33 bits per heavy atom. The van der Waals surface area contributed by atoms with E-state index in [1.54, 1.807) is 0 Å². The summed E-state index contributed by atoms with van der Waals surface area (Å²) in [6, 6.07) is 0.686. The molecule has 2 rings (SSSR count). The summed E-state index contributed by atoms with van der Waals surface area (Å²) in [5.74, 6) is 0.561. The lowest BCUT2D eigenvalue weighted by Crippen LogP contribution is -2.34. The molecule has 1 fully saturated rings. The third-order valence-electron chi connectivity index (χ3n) is 4.73. The van der Waals surface area contributed by atoms with Crippen molar-refractivity contribution in [1.29, 1.82) is 0 Å². The molecule has 120 valence electrons. The second-order valence-electron chi connectivity index (χ2n) is 6.25. The second kappa shape index (κ2) is 8.14. The monoisotopic (exact) mass is 309 g/mol. The zero-order valence-corrected chi connectivity index (χ0v) is 14.9. The maximum atomic E-state index is 5.07. The Bertz CT molecular complexity index is 430. The van der Waals surface area contributed by atoms with Gasteiger partial charge in [0.1, 0.15) is 0 Å². The molecule has 0 saturated carbocycles. The highest BCUT2D eigenvalue weighted by Crippen LogP contribution is 2.35. The molecule has 21 heavy (non-hydrogen) atoms. The van der Waals surface area contributed by atoms with Crippen molar-refractivity contribution in [2.45, 2.75) is 77.8 Å². The van der Waals surface area contributed by atoms with Gasteiger partial charge in [-0.25, -0.2) is 4.98 Å². The number of nitrogens with one attached hydrogen (secondary N) is 1. The van der Waals surface area contributed by atoms with Gasteiger partial charge in [-0.1, -0.05) is 33.6 Å². The van der Waals surface area contributed by atoms with E-state index < -0.39 is 0 Å². The number of anilines is 1. The van der Waals surface area contributed by atoms with Gasteiger partial charge in [-0.05, 0) is 38.6 Å². The van der Waals surface area contributed by atoms with Gasteiger partial charge in [0.15, 0.2) is 5.13 Å². The summed E-state index contributed by atoms with van der Waals surface area (Å²) in [5, 5.41) is 4.58. The minimum atomic E-state index is 0.561. The number of thiazole rings is 1. The summed E-state index contributed by atoms with van der Waals surface area (Å²) in [5.41, 5.74) is 1.32. The summed E-state index contributed by atoms with van der Waals surface area (Å²) in [7, 11) is 2.03. The van der Waals surface area contributed by atoms with E-state index in [4.69, 9.17) is 4.98 Å². The number of hydrogen-bond donors (Lipinski definition) is 1. The Kier molecular flexibility index (Phi) is 6.49. The summed E-state index contributed by atoms with van der Waals surface area (Å²) < 4.78 is 0. The standard InChI is InChI=1S/C17H31N3S/c1-5-13(3)16-15(12-18-4)21-17(19-16)20-11-9-7-8-10-14(20)6-2/h13-14,18H,5-12H2,1-4H3. The molecular formula is C17H31N3S. The summed E-state index contributed by atoms with van der Waals surface area (Å²) in [6.45, 7) is 9.01. The van der Waals surface area contributed by atoms with Crippen LogP contribution in [0.3, 0.4) is 0 Å². The molecule has 0 amide bonds. The van der Waals surface area contributed by atoms with Crippen LogP contribution in [0.15, 0.2) is 0 Å². The zero-order chi connectivity index (χ0) is 15.2. The van der Waals surface area contributed by atoms with Crippen LogP contribution in [-0.4, -0.2) is 24.6 Å². The molecule has 4 heteroatoms. The Morgan fingerprint density at radius 3 is 2.81 bits per heavy atom. The third-order valence-corrected chi connectivity index (χ3v) is 5.84. The average Bonchev–Trinajstić information content (AvgIpc) is 2.76. The average molecular weight is 310 g/mol. The molecule has 0 bridgehead atoms. The second-order valence-corrected chi connectivity index (χ2v) is 7.31. The maximum Gasteiger partial charge on any atom is 0.186 e. The first kappa shape index (κ1) is 16.8. The highest BCUT2D eigenvalue weighted by Gasteiger charge is 2.24. The van der Waals surface area contributed by atoms with E-state index in [9.17, 15) is 0 Å². The van der Waals surface area contributed by atoms with Crippen molar-refractivity contribution in [2.24, 2.45) is 0 Å². The van der Waals surface area contributed by atoms with Crippen LogP contribution >= 0.6 is 11.3 Å². The van der Waals surface area contributed by atoms with Crippen LogP contribution in [0.4, 0.5) is 5.13 Å². The van der Waals surface area contributed by atoms with Gasteiger partial charge in [-0.15, -0.1) is 11.3 Å². The molecular weight excluding hydrogens is 278 g/mol. The normalized spacial score (nSPS) is 21.3. The van der Waals surface area contributed by atoms with Gasteiger partial charge in [0, 0.05) is 24.0 Å². The summed E-state index contributed by atoms with van der Waals surface area (Å²) >= 11 is 1.91. The molecule has 1 saturated heterocycles. The Hall–Kier alpha value is -0.610. The van der Waals surface area contributed by atoms with Crippen LogP contribution in [-0.2, 0) is 6.54 Å². The van der Waals surface area contributed by atoms with Crippen molar-refractivity contribution in [3.8, 4) is 0 Å². The first-order valence-corrected chi connectivity index (χ1v) is 9.43. The quantitative estimate of drug-likeness (QED) is 0.836. The van der Waals surface area contributed by atoms with Gasteiger partial charge in [-0.2, -0.15) is 0 Å². The van der Waals surface area contributed by atoms with Gasteiger partial charge in [0.2, 0.25) is 0 Å². The third kappa shape index (κ3) is 3.98. The maximum absolute atomic E-state index is 5.07. The molecule has 1 aliphatic rings. The zero-order valence-electron chi connectivity index (χ0n) is 14.1. The number of rotatable bonds is 6. The lowest BCUT2D eigenvalue weighted by molar-refractivity contribution is 0.554. The predicted octanol–water partition coefficient (Wildman–Crippen LogP) is 4.54. The molecule has 2 atom stereocenters. The molecule has 1 aromatic heterocycles. The number of hydrogen-bond acceptors (Lipinski definition) is 4. The van der Waals surface area contributed by atoms with Crippen LogP contribution in [0, 0.1) is 0 Å². The Labute approximate surface area is 134 Å². The van der Waals surface area contributed by atoms with Crippen LogP contribution in [0.25, 0.3) is 0 Å². The molecule has 1 aliphatic heterocycles. The number of nitrogens with zero attached hydrogens (tertiary/aromatic N) is 2. The topological polar surface area (TPSA) is 28.2 Å². The number of aromatic nitrogens is 1. The fourth-order valence-electron chi connectivity index (χ4n) is 3.19. The fraction of sp³-hybridized carbons (Fsp3) is 0.824. The summed E-state index contributed by atoms with van der Waals surface area (Å²) in [6.07, 6.45) is 7.80. The highest BCUT2D eigenvalue weighted by atomic mass is 32.1. The van der Waals surface area contributed by atoms with Gasteiger partial charge < -0.3 is 10.2 Å². The minimum Gasteiger partial charge on any atom is -0.345 e. The summed E-state index contributed by atoms with van der Waals surface area (Å²) in [4.78, 5) is 9.10. The molecule has 3 nitrogen and oxygen atoms in total.